The van der Waals surface area contributed by atoms with Crippen molar-refractivity contribution in [3.05, 3.63) is 29.8 Å². The highest BCUT2D eigenvalue weighted by molar-refractivity contribution is 5.77. The molecule has 4 nitrogen and oxygen atoms in total. The predicted molar refractivity (Wildman–Crippen MR) is 85.1 cm³/mol. The number of guanidine groups is 1. The molecule has 0 atom stereocenters. The Balaban J connectivity index is 2.38. The molecule has 1 aromatic rings. The largest absolute Gasteiger partial charge is 0.494 e. The van der Waals surface area contributed by atoms with Crippen molar-refractivity contribution in [3.63, 3.8) is 0 Å². The first-order valence-corrected chi connectivity index (χ1v) is 7.52. The van der Waals surface area contributed by atoms with Gasteiger partial charge in [0.25, 0.3) is 0 Å². The standard InChI is InChI=1S/C16H27N3O/c1-3-5-6-9-12-18-16(17)19-13-14-10-7-8-11-15(14)20-4-2/h7-8,10-11H,3-6,9,12-13H2,1-2H3,(H3,17,18,19). The fraction of sp³-hybridized carbons (Fsp3) is 0.562. The molecule has 0 bridgehead atoms. The zero-order chi connectivity index (χ0) is 14.6. The van der Waals surface area contributed by atoms with E-state index in [9.17, 15) is 0 Å². The Morgan fingerprint density at radius 2 is 2.00 bits per heavy atom. The van der Waals surface area contributed by atoms with Gasteiger partial charge in [0, 0.05) is 12.1 Å². The molecule has 1 rings (SSSR count). The fourth-order valence-corrected chi connectivity index (χ4v) is 1.93. The lowest BCUT2D eigenvalue weighted by Crippen LogP contribution is -2.32. The molecule has 0 spiro atoms. The Morgan fingerprint density at radius 1 is 1.20 bits per heavy atom. The lowest BCUT2D eigenvalue weighted by Gasteiger charge is -2.09. The van der Waals surface area contributed by atoms with E-state index in [2.05, 4.69) is 17.2 Å². The molecular formula is C16H27N3O. The number of nitrogens with one attached hydrogen (secondary N) is 1. The van der Waals surface area contributed by atoms with Crippen molar-refractivity contribution < 1.29 is 4.74 Å². The summed E-state index contributed by atoms with van der Waals surface area (Å²) in [5.41, 5.74) is 6.92. The lowest BCUT2D eigenvalue weighted by molar-refractivity contribution is 0.336. The van der Waals surface area contributed by atoms with Gasteiger partial charge >= 0.3 is 0 Å². The van der Waals surface area contributed by atoms with Crippen molar-refractivity contribution in [2.75, 3.05) is 13.2 Å². The number of ether oxygens (including phenoxy) is 1. The van der Waals surface area contributed by atoms with Crippen LogP contribution in [-0.2, 0) is 6.54 Å². The topological polar surface area (TPSA) is 59.6 Å². The first-order chi connectivity index (χ1) is 9.77. The molecule has 0 aliphatic rings. The molecule has 112 valence electrons. The monoisotopic (exact) mass is 277 g/mol. The number of unbranched alkanes of at least 4 members (excludes halogenated alkanes) is 3. The minimum absolute atomic E-state index is 0.507. The smallest absolute Gasteiger partial charge is 0.188 e. The fourth-order valence-electron chi connectivity index (χ4n) is 1.93. The van der Waals surface area contributed by atoms with Crippen molar-refractivity contribution in [1.29, 1.82) is 0 Å². The molecule has 4 heteroatoms. The number of hydrogen-bond acceptors (Lipinski definition) is 2. The van der Waals surface area contributed by atoms with E-state index in [1.54, 1.807) is 0 Å². The van der Waals surface area contributed by atoms with Gasteiger partial charge in [-0.1, -0.05) is 44.4 Å². The van der Waals surface area contributed by atoms with E-state index in [1.807, 2.05) is 31.2 Å². The Kier molecular flexibility index (Phi) is 8.27. The minimum Gasteiger partial charge on any atom is -0.494 e. The van der Waals surface area contributed by atoms with E-state index < -0.39 is 0 Å². The second kappa shape index (κ2) is 10.1. The highest BCUT2D eigenvalue weighted by Gasteiger charge is 2.01. The summed E-state index contributed by atoms with van der Waals surface area (Å²) in [7, 11) is 0. The normalized spacial score (nSPS) is 11.4. The van der Waals surface area contributed by atoms with Crippen molar-refractivity contribution in [3.8, 4) is 5.75 Å². The van der Waals surface area contributed by atoms with Crippen LogP contribution in [0.15, 0.2) is 29.3 Å². The van der Waals surface area contributed by atoms with Crippen LogP contribution in [0, 0.1) is 0 Å². The molecule has 0 fully saturated rings. The highest BCUT2D eigenvalue weighted by Crippen LogP contribution is 2.18. The summed E-state index contributed by atoms with van der Waals surface area (Å²) in [4.78, 5) is 4.36. The third-order valence-electron chi connectivity index (χ3n) is 3.03. The molecule has 0 unspecified atom stereocenters. The molecule has 0 saturated heterocycles. The molecule has 3 N–H and O–H groups in total. The second-order valence-corrected chi connectivity index (χ2v) is 4.73. The van der Waals surface area contributed by atoms with Crippen LogP contribution in [0.25, 0.3) is 0 Å². The van der Waals surface area contributed by atoms with E-state index >= 15 is 0 Å². The van der Waals surface area contributed by atoms with Crippen LogP contribution in [0.5, 0.6) is 5.75 Å². The van der Waals surface area contributed by atoms with E-state index in [1.165, 1.54) is 19.3 Å². The summed E-state index contributed by atoms with van der Waals surface area (Å²) in [6.07, 6.45) is 4.90. The van der Waals surface area contributed by atoms with Gasteiger partial charge in [-0.05, 0) is 19.4 Å². The van der Waals surface area contributed by atoms with Gasteiger partial charge in [-0.2, -0.15) is 0 Å². The van der Waals surface area contributed by atoms with Gasteiger partial charge in [-0.3, -0.25) is 0 Å². The van der Waals surface area contributed by atoms with Crippen LogP contribution in [0.4, 0.5) is 0 Å². The zero-order valence-corrected chi connectivity index (χ0v) is 12.7. The number of rotatable bonds is 9. The van der Waals surface area contributed by atoms with Crippen LogP contribution in [-0.4, -0.2) is 19.1 Å². The molecule has 0 amide bonds. The molecule has 20 heavy (non-hydrogen) atoms. The summed E-state index contributed by atoms with van der Waals surface area (Å²) in [6, 6.07) is 7.93. The van der Waals surface area contributed by atoms with E-state index in [0.717, 1.165) is 24.3 Å². The molecule has 0 radical (unpaired) electrons. The van der Waals surface area contributed by atoms with Crippen molar-refractivity contribution in [2.24, 2.45) is 10.7 Å². The Morgan fingerprint density at radius 3 is 2.75 bits per heavy atom. The van der Waals surface area contributed by atoms with Gasteiger partial charge in [0.2, 0.25) is 0 Å². The summed E-state index contributed by atoms with van der Waals surface area (Å²) in [5.74, 6) is 1.39. The molecule has 0 heterocycles. The summed E-state index contributed by atoms with van der Waals surface area (Å²) < 4.78 is 5.56. The van der Waals surface area contributed by atoms with Crippen LogP contribution in [0.2, 0.25) is 0 Å². The lowest BCUT2D eigenvalue weighted by atomic mass is 10.2. The third kappa shape index (κ3) is 6.45. The van der Waals surface area contributed by atoms with Crippen molar-refractivity contribution in [1.82, 2.24) is 5.32 Å². The Labute approximate surface area is 122 Å². The average Bonchev–Trinajstić information content (AvgIpc) is 2.46. The van der Waals surface area contributed by atoms with E-state index in [4.69, 9.17) is 10.5 Å². The zero-order valence-electron chi connectivity index (χ0n) is 12.7. The van der Waals surface area contributed by atoms with Gasteiger partial charge in [-0.15, -0.1) is 0 Å². The second-order valence-electron chi connectivity index (χ2n) is 4.73. The first-order valence-electron chi connectivity index (χ1n) is 7.52. The summed E-state index contributed by atoms with van der Waals surface area (Å²) >= 11 is 0. The molecule has 0 aromatic heterocycles. The van der Waals surface area contributed by atoms with Gasteiger partial charge in [0.1, 0.15) is 5.75 Å². The summed E-state index contributed by atoms with van der Waals surface area (Å²) in [5, 5.41) is 3.15. The quantitative estimate of drug-likeness (QED) is 0.414. The third-order valence-corrected chi connectivity index (χ3v) is 3.03. The van der Waals surface area contributed by atoms with Crippen LogP contribution >= 0.6 is 0 Å². The maximum atomic E-state index is 5.86. The first kappa shape index (κ1) is 16.3. The van der Waals surface area contributed by atoms with Crippen LogP contribution in [0.3, 0.4) is 0 Å². The molecular weight excluding hydrogens is 250 g/mol. The average molecular weight is 277 g/mol. The number of hydrogen-bond donors (Lipinski definition) is 2. The van der Waals surface area contributed by atoms with E-state index in [-0.39, 0.29) is 0 Å². The van der Waals surface area contributed by atoms with Crippen LogP contribution < -0.4 is 15.8 Å². The number of para-hydroxylation sites is 1. The molecule has 0 saturated carbocycles. The van der Waals surface area contributed by atoms with E-state index in [0.29, 0.717) is 19.1 Å². The minimum atomic E-state index is 0.507. The Bertz CT molecular complexity index is 404. The highest BCUT2D eigenvalue weighted by atomic mass is 16.5. The maximum Gasteiger partial charge on any atom is 0.188 e. The Hall–Kier alpha value is -1.71. The number of benzene rings is 1. The van der Waals surface area contributed by atoms with Crippen molar-refractivity contribution >= 4 is 5.96 Å². The predicted octanol–water partition coefficient (Wildman–Crippen LogP) is 3.07. The van der Waals surface area contributed by atoms with Gasteiger partial charge in [-0.25, -0.2) is 4.99 Å². The van der Waals surface area contributed by atoms with Crippen LogP contribution in [0.1, 0.15) is 45.1 Å². The van der Waals surface area contributed by atoms with Gasteiger partial charge < -0.3 is 15.8 Å². The number of nitrogens with zero attached hydrogens (tertiary/aromatic N) is 1. The van der Waals surface area contributed by atoms with Crippen molar-refractivity contribution in [2.45, 2.75) is 46.1 Å². The maximum absolute atomic E-state index is 5.86. The SMILES string of the molecule is CCCCCCNC(N)=NCc1ccccc1OCC. The number of aliphatic imine (C=N–C) groups is 1. The molecule has 1 aromatic carbocycles. The summed E-state index contributed by atoms with van der Waals surface area (Å²) in [6.45, 7) is 6.28. The van der Waals surface area contributed by atoms with Gasteiger partial charge in [0.05, 0.1) is 13.2 Å². The molecule has 0 aliphatic carbocycles. The molecule has 0 aliphatic heterocycles. The number of nitrogens with two attached hydrogens (primary N) is 1. The van der Waals surface area contributed by atoms with Gasteiger partial charge in [0.15, 0.2) is 5.96 Å².